The lowest BCUT2D eigenvalue weighted by molar-refractivity contribution is 0.296. The molecule has 0 bridgehead atoms. The molecule has 0 N–H and O–H groups in total. The van der Waals surface area contributed by atoms with Crippen LogP contribution in [0.25, 0.3) is 0 Å². The first kappa shape index (κ1) is 17.8. The second-order valence-corrected chi connectivity index (χ2v) is 8.50. The highest BCUT2D eigenvalue weighted by molar-refractivity contribution is 7.89. The predicted molar refractivity (Wildman–Crippen MR) is 99.1 cm³/mol. The molecule has 0 radical (unpaired) electrons. The van der Waals surface area contributed by atoms with Gasteiger partial charge >= 0.3 is 0 Å². The number of hydrogen-bond donors (Lipinski definition) is 0. The molecule has 1 saturated heterocycles. The maximum atomic E-state index is 13.3. The van der Waals surface area contributed by atoms with E-state index < -0.39 is 10.0 Å². The van der Waals surface area contributed by atoms with Crippen LogP contribution in [0.5, 0.6) is 11.5 Å². The Labute approximate surface area is 159 Å². The summed E-state index contributed by atoms with van der Waals surface area (Å²) in [5.41, 5.74) is 1.05. The highest BCUT2D eigenvalue weighted by atomic mass is 32.2. The monoisotopic (exact) mass is 384 g/mol. The van der Waals surface area contributed by atoms with Gasteiger partial charge in [0.15, 0.2) is 11.5 Å². The van der Waals surface area contributed by atoms with Gasteiger partial charge in [0.25, 0.3) is 0 Å². The van der Waals surface area contributed by atoms with E-state index in [1.54, 1.807) is 12.1 Å². The van der Waals surface area contributed by atoms with Crippen molar-refractivity contribution in [3.05, 3.63) is 53.6 Å². The minimum absolute atomic E-state index is 0.0637. The highest BCUT2D eigenvalue weighted by Crippen LogP contribution is 2.40. The fourth-order valence-electron chi connectivity index (χ4n) is 3.66. The van der Waals surface area contributed by atoms with Gasteiger partial charge in [-0.1, -0.05) is 18.2 Å². The summed E-state index contributed by atoms with van der Waals surface area (Å²) in [5, 5.41) is 9.30. The lowest BCUT2D eigenvalue weighted by Gasteiger charge is -2.25. The quantitative estimate of drug-likeness (QED) is 0.812. The van der Waals surface area contributed by atoms with E-state index in [9.17, 15) is 13.7 Å². The second-order valence-electron chi connectivity index (χ2n) is 6.64. The number of nitrogens with zero attached hydrogens (tertiary/aromatic N) is 2. The van der Waals surface area contributed by atoms with Gasteiger partial charge < -0.3 is 9.47 Å². The van der Waals surface area contributed by atoms with Crippen molar-refractivity contribution in [3.63, 3.8) is 0 Å². The normalized spacial score (nSPS) is 20.0. The molecule has 0 spiro atoms. The van der Waals surface area contributed by atoms with Crippen LogP contribution in [-0.4, -0.2) is 32.5 Å². The van der Waals surface area contributed by atoms with Crippen molar-refractivity contribution in [1.29, 1.82) is 5.26 Å². The molecule has 0 unspecified atom stereocenters. The van der Waals surface area contributed by atoms with Crippen LogP contribution in [0.2, 0.25) is 0 Å². The molecule has 1 atom stereocenters. The minimum atomic E-state index is -3.77. The topological polar surface area (TPSA) is 79.6 Å². The van der Waals surface area contributed by atoms with Crippen LogP contribution in [0.15, 0.2) is 47.4 Å². The average molecular weight is 384 g/mol. The number of hydrogen-bond acceptors (Lipinski definition) is 5. The van der Waals surface area contributed by atoms with E-state index in [-0.39, 0.29) is 16.5 Å². The number of benzene rings is 2. The van der Waals surface area contributed by atoms with E-state index in [1.807, 2.05) is 24.3 Å². The Morgan fingerprint density at radius 1 is 1.04 bits per heavy atom. The molecule has 6 nitrogen and oxygen atoms in total. The van der Waals surface area contributed by atoms with Crippen molar-refractivity contribution in [2.75, 3.05) is 19.8 Å². The average Bonchev–Trinajstić information content (AvgIpc) is 3.08. The van der Waals surface area contributed by atoms with Gasteiger partial charge in [-0.15, -0.1) is 0 Å². The maximum absolute atomic E-state index is 13.3. The van der Waals surface area contributed by atoms with Crippen LogP contribution in [0.4, 0.5) is 0 Å². The number of fused-ring (bicyclic) bond motifs is 1. The molecule has 2 heterocycles. The third-order valence-electron chi connectivity index (χ3n) is 4.95. The molecule has 2 aromatic carbocycles. The number of sulfonamides is 1. The van der Waals surface area contributed by atoms with Gasteiger partial charge in [-0.3, -0.25) is 0 Å². The summed E-state index contributed by atoms with van der Waals surface area (Å²) >= 11 is 0. The molecular weight excluding hydrogens is 364 g/mol. The van der Waals surface area contributed by atoms with Crippen LogP contribution >= 0.6 is 0 Å². The molecule has 0 saturated carbocycles. The summed E-state index contributed by atoms with van der Waals surface area (Å²) in [4.78, 5) is 0.0637. The standard InChI is InChI=1S/C20H20N2O4S/c21-14-16-5-1-2-7-20(16)27(23,24)22-10-3-6-17(22)15-8-9-18-19(13-15)26-12-4-11-25-18/h1-2,5,7-9,13,17H,3-4,6,10-12H2/t17-/m1/s1. The van der Waals surface area contributed by atoms with Crippen LogP contribution < -0.4 is 9.47 Å². The van der Waals surface area contributed by atoms with Crippen molar-refractivity contribution < 1.29 is 17.9 Å². The van der Waals surface area contributed by atoms with Crippen molar-refractivity contribution in [1.82, 2.24) is 4.31 Å². The zero-order valence-corrected chi connectivity index (χ0v) is 15.6. The number of ether oxygens (including phenoxy) is 2. The van der Waals surface area contributed by atoms with Gasteiger partial charge in [-0.05, 0) is 42.7 Å². The van der Waals surface area contributed by atoms with E-state index in [2.05, 4.69) is 0 Å². The van der Waals surface area contributed by atoms with Crippen LogP contribution in [-0.2, 0) is 10.0 Å². The van der Waals surface area contributed by atoms with E-state index in [1.165, 1.54) is 16.4 Å². The Hall–Kier alpha value is -2.56. The molecule has 2 aromatic rings. The van der Waals surface area contributed by atoms with Crippen molar-refractivity contribution >= 4 is 10.0 Å². The lowest BCUT2D eigenvalue weighted by Crippen LogP contribution is -2.31. The molecule has 1 fully saturated rings. The second kappa shape index (κ2) is 7.22. The zero-order valence-electron chi connectivity index (χ0n) is 14.8. The van der Waals surface area contributed by atoms with Crippen molar-refractivity contribution in [2.45, 2.75) is 30.2 Å². The highest BCUT2D eigenvalue weighted by Gasteiger charge is 2.37. The van der Waals surface area contributed by atoms with Gasteiger partial charge in [0, 0.05) is 13.0 Å². The summed E-state index contributed by atoms with van der Waals surface area (Å²) < 4.78 is 39.4. The van der Waals surface area contributed by atoms with Crippen molar-refractivity contribution in [3.8, 4) is 17.6 Å². The molecule has 0 amide bonds. The number of rotatable bonds is 3. The van der Waals surface area contributed by atoms with Gasteiger partial charge in [0.1, 0.15) is 6.07 Å². The Kier molecular flexibility index (Phi) is 4.77. The Morgan fingerprint density at radius 2 is 1.81 bits per heavy atom. The first-order valence-corrected chi connectivity index (χ1v) is 10.5. The zero-order chi connectivity index (χ0) is 18.9. The minimum Gasteiger partial charge on any atom is -0.490 e. The third kappa shape index (κ3) is 3.27. The van der Waals surface area contributed by atoms with E-state index in [0.717, 1.165) is 24.8 Å². The molecular formula is C20H20N2O4S. The Balaban J connectivity index is 1.71. The van der Waals surface area contributed by atoms with Gasteiger partial charge in [0.2, 0.25) is 10.0 Å². The maximum Gasteiger partial charge on any atom is 0.244 e. The number of nitriles is 1. The molecule has 2 aliphatic rings. The Bertz CT molecular complexity index is 997. The van der Waals surface area contributed by atoms with Crippen LogP contribution in [0.1, 0.15) is 36.4 Å². The largest absolute Gasteiger partial charge is 0.490 e. The summed E-state index contributed by atoms with van der Waals surface area (Å²) in [6, 6.07) is 13.7. The molecule has 0 aromatic heterocycles. The summed E-state index contributed by atoms with van der Waals surface area (Å²) in [6.45, 7) is 1.63. The molecule has 7 heteroatoms. The molecule has 27 heavy (non-hydrogen) atoms. The lowest BCUT2D eigenvalue weighted by atomic mass is 10.0. The first-order valence-electron chi connectivity index (χ1n) is 9.02. The molecule has 4 rings (SSSR count). The molecule has 2 aliphatic heterocycles. The third-order valence-corrected chi connectivity index (χ3v) is 6.92. The van der Waals surface area contributed by atoms with Crippen molar-refractivity contribution in [2.24, 2.45) is 0 Å². The fraction of sp³-hybridized carbons (Fsp3) is 0.350. The first-order chi connectivity index (χ1) is 13.1. The SMILES string of the molecule is N#Cc1ccccc1S(=O)(=O)N1CCC[C@@H]1c1ccc2c(c1)OCCCO2. The summed E-state index contributed by atoms with van der Waals surface area (Å²) in [6.07, 6.45) is 2.32. The molecule has 0 aliphatic carbocycles. The van der Waals surface area contributed by atoms with E-state index in [4.69, 9.17) is 9.47 Å². The van der Waals surface area contributed by atoms with Crippen LogP contribution in [0.3, 0.4) is 0 Å². The van der Waals surface area contributed by atoms with Gasteiger partial charge in [-0.25, -0.2) is 8.42 Å². The Morgan fingerprint density at radius 3 is 2.63 bits per heavy atom. The van der Waals surface area contributed by atoms with E-state index in [0.29, 0.717) is 31.3 Å². The summed E-state index contributed by atoms with van der Waals surface area (Å²) in [5.74, 6) is 1.35. The van der Waals surface area contributed by atoms with Crippen LogP contribution in [0, 0.1) is 11.3 Å². The summed E-state index contributed by atoms with van der Waals surface area (Å²) in [7, 11) is -3.77. The smallest absolute Gasteiger partial charge is 0.244 e. The van der Waals surface area contributed by atoms with Gasteiger partial charge in [-0.2, -0.15) is 9.57 Å². The van der Waals surface area contributed by atoms with E-state index >= 15 is 0 Å². The van der Waals surface area contributed by atoms with Gasteiger partial charge in [0.05, 0.1) is 29.7 Å². The predicted octanol–water partition coefficient (Wildman–Crippen LogP) is 3.25. The molecule has 140 valence electrons. The fourth-order valence-corrected chi connectivity index (χ4v) is 5.48.